The second-order valence-electron chi connectivity index (χ2n) is 3.93. The third-order valence-electron chi connectivity index (χ3n) is 2.58. The molecule has 0 spiro atoms. The van der Waals surface area contributed by atoms with Gasteiger partial charge in [0.25, 0.3) is 0 Å². The Morgan fingerprint density at radius 1 is 1.18 bits per heavy atom. The van der Waals surface area contributed by atoms with Crippen molar-refractivity contribution in [2.75, 3.05) is 5.32 Å². The fraction of sp³-hybridized carbons (Fsp3) is 0.455. The number of allylic oxidation sites excluding steroid dienone is 1. The summed E-state index contributed by atoms with van der Waals surface area (Å²) in [5, 5.41) is 9.76. The second kappa shape index (κ2) is 4.73. The minimum absolute atomic E-state index is 0.228. The summed E-state index contributed by atoms with van der Waals surface area (Å²) >= 11 is 0. The van der Waals surface area contributed by atoms with Crippen molar-refractivity contribution < 1.29 is 13.2 Å². The van der Waals surface area contributed by atoms with Crippen LogP contribution in [0.4, 0.5) is 19.0 Å². The van der Waals surface area contributed by atoms with Gasteiger partial charge in [-0.25, -0.2) is 0 Å². The van der Waals surface area contributed by atoms with Gasteiger partial charge in [0.15, 0.2) is 5.69 Å². The number of hydrogen-bond acceptors (Lipinski definition) is 3. The molecule has 92 valence electrons. The van der Waals surface area contributed by atoms with Gasteiger partial charge in [-0.05, 0) is 31.4 Å². The molecule has 1 aromatic heterocycles. The number of nitrogens with zero attached hydrogens (tertiary/aromatic N) is 2. The van der Waals surface area contributed by atoms with Gasteiger partial charge in [-0.15, -0.1) is 10.2 Å². The van der Waals surface area contributed by atoms with E-state index in [0.717, 1.165) is 25.3 Å². The van der Waals surface area contributed by atoms with Crippen molar-refractivity contribution in [2.24, 2.45) is 0 Å². The first kappa shape index (κ1) is 11.9. The monoisotopic (exact) mass is 243 g/mol. The fourth-order valence-corrected chi connectivity index (χ4v) is 1.69. The largest absolute Gasteiger partial charge is 0.435 e. The molecule has 1 unspecified atom stereocenters. The van der Waals surface area contributed by atoms with E-state index < -0.39 is 11.9 Å². The van der Waals surface area contributed by atoms with Crippen LogP contribution in [0.2, 0.25) is 0 Å². The van der Waals surface area contributed by atoms with Crippen molar-refractivity contribution in [1.29, 1.82) is 0 Å². The molecule has 6 heteroatoms. The van der Waals surface area contributed by atoms with Crippen LogP contribution in [0.5, 0.6) is 0 Å². The zero-order chi connectivity index (χ0) is 12.3. The number of alkyl halides is 3. The van der Waals surface area contributed by atoms with E-state index in [2.05, 4.69) is 27.7 Å². The van der Waals surface area contributed by atoms with Crippen molar-refractivity contribution in [2.45, 2.75) is 31.5 Å². The van der Waals surface area contributed by atoms with Crippen LogP contribution in [0.25, 0.3) is 0 Å². The molecule has 0 bridgehead atoms. The molecular weight excluding hydrogens is 231 g/mol. The van der Waals surface area contributed by atoms with Gasteiger partial charge >= 0.3 is 6.18 Å². The van der Waals surface area contributed by atoms with E-state index in [-0.39, 0.29) is 6.04 Å². The van der Waals surface area contributed by atoms with E-state index in [1.54, 1.807) is 0 Å². The van der Waals surface area contributed by atoms with Gasteiger partial charge in [0.05, 0.1) is 0 Å². The zero-order valence-electron chi connectivity index (χ0n) is 9.04. The van der Waals surface area contributed by atoms with Crippen molar-refractivity contribution in [3.05, 3.63) is 30.0 Å². The third kappa shape index (κ3) is 3.18. The van der Waals surface area contributed by atoms with Crippen LogP contribution in [0.15, 0.2) is 24.3 Å². The van der Waals surface area contributed by atoms with E-state index >= 15 is 0 Å². The average Bonchev–Trinajstić information content (AvgIpc) is 2.30. The molecule has 3 nitrogen and oxygen atoms in total. The first-order valence-electron chi connectivity index (χ1n) is 5.38. The maximum Gasteiger partial charge on any atom is 0.435 e. The lowest BCUT2D eigenvalue weighted by Gasteiger charge is -2.19. The quantitative estimate of drug-likeness (QED) is 0.811. The van der Waals surface area contributed by atoms with Crippen LogP contribution >= 0.6 is 0 Å². The molecule has 0 radical (unpaired) electrons. The Hall–Kier alpha value is -1.59. The van der Waals surface area contributed by atoms with Crippen molar-refractivity contribution >= 4 is 5.82 Å². The lowest BCUT2D eigenvalue weighted by molar-refractivity contribution is -0.141. The number of nitrogens with one attached hydrogen (secondary N) is 1. The fourth-order valence-electron chi connectivity index (χ4n) is 1.69. The maximum atomic E-state index is 12.2. The van der Waals surface area contributed by atoms with Gasteiger partial charge < -0.3 is 5.32 Å². The number of aromatic nitrogens is 2. The van der Waals surface area contributed by atoms with Crippen LogP contribution in [0, 0.1) is 0 Å². The van der Waals surface area contributed by atoms with Crippen molar-refractivity contribution in [3.8, 4) is 0 Å². The summed E-state index contributed by atoms with van der Waals surface area (Å²) in [7, 11) is 0. The number of rotatable bonds is 2. The minimum Gasteiger partial charge on any atom is -0.366 e. The SMILES string of the molecule is FC(F)(F)c1ccc(NC2CC=CCC2)nn1. The molecule has 0 amide bonds. The molecule has 1 aromatic rings. The third-order valence-corrected chi connectivity index (χ3v) is 2.58. The van der Waals surface area contributed by atoms with Gasteiger partial charge in [-0.2, -0.15) is 13.2 Å². The van der Waals surface area contributed by atoms with Crippen LogP contribution in [0.1, 0.15) is 25.0 Å². The molecule has 0 aliphatic heterocycles. The number of anilines is 1. The standard InChI is InChI=1S/C11H12F3N3/c12-11(13,14)9-6-7-10(17-16-9)15-8-4-2-1-3-5-8/h1-2,6-8H,3-5H2,(H,15,17). The summed E-state index contributed by atoms with van der Waals surface area (Å²) < 4.78 is 36.7. The highest BCUT2D eigenvalue weighted by Gasteiger charge is 2.32. The van der Waals surface area contributed by atoms with E-state index in [4.69, 9.17) is 0 Å². The smallest absolute Gasteiger partial charge is 0.366 e. The lowest BCUT2D eigenvalue weighted by atomic mass is 10.0. The number of hydrogen-bond donors (Lipinski definition) is 1. The average molecular weight is 243 g/mol. The summed E-state index contributed by atoms with van der Waals surface area (Å²) in [4.78, 5) is 0. The minimum atomic E-state index is -4.43. The molecule has 0 fully saturated rings. The predicted octanol–water partition coefficient (Wildman–Crippen LogP) is 3.02. The topological polar surface area (TPSA) is 37.8 Å². The highest BCUT2D eigenvalue weighted by molar-refractivity contribution is 5.35. The van der Waals surface area contributed by atoms with Gasteiger partial charge in [-0.3, -0.25) is 0 Å². The van der Waals surface area contributed by atoms with Crippen LogP contribution in [-0.4, -0.2) is 16.2 Å². The summed E-state index contributed by atoms with van der Waals surface area (Å²) in [6.45, 7) is 0. The Bertz CT molecular complexity index is 397. The summed E-state index contributed by atoms with van der Waals surface area (Å²) in [5.41, 5.74) is -0.966. The molecule has 0 saturated heterocycles. The first-order valence-corrected chi connectivity index (χ1v) is 5.38. The molecule has 1 aliphatic rings. The molecule has 1 atom stereocenters. The lowest BCUT2D eigenvalue weighted by Crippen LogP contribution is -2.21. The normalized spacial score (nSPS) is 20.3. The Labute approximate surface area is 96.7 Å². The van der Waals surface area contributed by atoms with E-state index in [1.165, 1.54) is 6.07 Å². The van der Waals surface area contributed by atoms with Crippen LogP contribution in [0.3, 0.4) is 0 Å². The molecule has 1 aliphatic carbocycles. The van der Waals surface area contributed by atoms with E-state index in [0.29, 0.717) is 5.82 Å². The Balaban J connectivity index is 2.00. The Morgan fingerprint density at radius 3 is 2.53 bits per heavy atom. The molecule has 0 saturated carbocycles. The predicted molar refractivity (Wildman–Crippen MR) is 57.4 cm³/mol. The first-order chi connectivity index (χ1) is 8.05. The van der Waals surface area contributed by atoms with Gasteiger partial charge in [0.1, 0.15) is 5.82 Å². The summed E-state index contributed by atoms with van der Waals surface area (Å²) in [6, 6.07) is 2.48. The highest BCUT2D eigenvalue weighted by Crippen LogP contribution is 2.27. The molecule has 0 aromatic carbocycles. The van der Waals surface area contributed by atoms with Crippen LogP contribution in [-0.2, 0) is 6.18 Å². The van der Waals surface area contributed by atoms with Gasteiger partial charge in [-0.1, -0.05) is 12.2 Å². The van der Waals surface area contributed by atoms with E-state index in [1.807, 2.05) is 0 Å². The molecule has 1 N–H and O–H groups in total. The van der Waals surface area contributed by atoms with E-state index in [9.17, 15) is 13.2 Å². The van der Waals surface area contributed by atoms with Crippen molar-refractivity contribution in [3.63, 3.8) is 0 Å². The maximum absolute atomic E-state index is 12.2. The highest BCUT2D eigenvalue weighted by atomic mass is 19.4. The second-order valence-corrected chi connectivity index (χ2v) is 3.93. The molecular formula is C11H12F3N3. The zero-order valence-corrected chi connectivity index (χ0v) is 9.04. The Morgan fingerprint density at radius 2 is 2.00 bits per heavy atom. The van der Waals surface area contributed by atoms with Crippen molar-refractivity contribution in [1.82, 2.24) is 10.2 Å². The molecule has 17 heavy (non-hydrogen) atoms. The summed E-state index contributed by atoms with van der Waals surface area (Å²) in [6.07, 6.45) is 2.52. The van der Waals surface area contributed by atoms with Crippen LogP contribution < -0.4 is 5.32 Å². The molecule has 2 rings (SSSR count). The number of halogens is 3. The Kier molecular flexibility index (Phi) is 3.31. The molecule has 1 heterocycles. The van der Waals surface area contributed by atoms with Gasteiger partial charge in [0, 0.05) is 6.04 Å². The summed E-state index contributed by atoms with van der Waals surface area (Å²) in [5.74, 6) is 0.387. The van der Waals surface area contributed by atoms with Gasteiger partial charge in [0.2, 0.25) is 0 Å².